The van der Waals surface area contributed by atoms with Gasteiger partial charge in [0.05, 0.1) is 6.26 Å². The summed E-state index contributed by atoms with van der Waals surface area (Å²) in [5.41, 5.74) is 0.477. The molecule has 1 aromatic carbocycles. The first-order valence-corrected chi connectivity index (χ1v) is 5.85. The Bertz CT molecular complexity index is 497. The molecule has 1 aromatic heterocycles. The second-order valence-corrected chi connectivity index (χ2v) is 4.13. The van der Waals surface area contributed by atoms with Gasteiger partial charge < -0.3 is 9.73 Å². The molecule has 1 atom stereocenters. The van der Waals surface area contributed by atoms with Crippen LogP contribution in [0.3, 0.4) is 0 Å². The van der Waals surface area contributed by atoms with Gasteiger partial charge in [-0.1, -0.05) is 6.07 Å². The van der Waals surface area contributed by atoms with Crippen molar-refractivity contribution in [3.8, 4) is 0 Å². The third-order valence-corrected chi connectivity index (χ3v) is 2.95. The topological polar surface area (TPSA) is 25.2 Å². The van der Waals surface area contributed by atoms with Gasteiger partial charge in [-0.05, 0) is 31.7 Å². The van der Waals surface area contributed by atoms with Crippen LogP contribution >= 0.6 is 0 Å². The Labute approximate surface area is 105 Å². The average Bonchev–Trinajstić information content (AvgIpc) is 2.85. The molecule has 0 spiro atoms. The van der Waals surface area contributed by atoms with Crippen molar-refractivity contribution in [2.45, 2.75) is 18.9 Å². The molecule has 0 amide bonds. The van der Waals surface area contributed by atoms with Crippen molar-refractivity contribution in [2.24, 2.45) is 0 Å². The Hall–Kier alpha value is -1.68. The third-order valence-electron chi connectivity index (χ3n) is 2.95. The predicted octanol–water partition coefficient (Wildman–Crippen LogP) is 3.45. The number of hydrogen-bond acceptors (Lipinski definition) is 2. The van der Waals surface area contributed by atoms with Crippen LogP contribution in [0.4, 0.5) is 8.78 Å². The van der Waals surface area contributed by atoms with Crippen molar-refractivity contribution in [1.29, 1.82) is 0 Å². The fourth-order valence-electron chi connectivity index (χ4n) is 1.98. The van der Waals surface area contributed by atoms with Gasteiger partial charge in [-0.25, -0.2) is 8.78 Å². The SMILES string of the molecule is CNC(CCc1ccco1)c1ccc(F)cc1F. The first-order valence-electron chi connectivity index (χ1n) is 5.85. The number of halogens is 2. The lowest BCUT2D eigenvalue weighted by molar-refractivity contribution is 0.457. The second kappa shape index (κ2) is 5.78. The zero-order valence-corrected chi connectivity index (χ0v) is 10.1. The molecule has 4 heteroatoms. The van der Waals surface area contributed by atoms with Crippen molar-refractivity contribution in [3.63, 3.8) is 0 Å². The number of nitrogens with one attached hydrogen (secondary N) is 1. The van der Waals surface area contributed by atoms with Crippen LogP contribution in [0, 0.1) is 11.6 Å². The standard InChI is InChI=1S/C14H15F2NO/c1-17-14(7-5-11-3-2-8-18-11)12-6-4-10(15)9-13(12)16/h2-4,6,8-9,14,17H,5,7H2,1H3. The molecule has 1 N–H and O–H groups in total. The Balaban J connectivity index is 2.08. The number of benzene rings is 1. The summed E-state index contributed by atoms with van der Waals surface area (Å²) < 4.78 is 31.7. The number of aryl methyl sites for hydroxylation is 1. The Morgan fingerprint density at radius 1 is 1.28 bits per heavy atom. The maximum absolute atomic E-state index is 13.6. The summed E-state index contributed by atoms with van der Waals surface area (Å²) in [7, 11) is 1.76. The minimum Gasteiger partial charge on any atom is -0.469 e. The predicted molar refractivity (Wildman–Crippen MR) is 65.2 cm³/mol. The highest BCUT2D eigenvalue weighted by atomic mass is 19.1. The highest BCUT2D eigenvalue weighted by Crippen LogP contribution is 2.22. The number of furan rings is 1. The lowest BCUT2D eigenvalue weighted by Gasteiger charge is -2.16. The van der Waals surface area contributed by atoms with Crippen LogP contribution in [-0.4, -0.2) is 7.05 Å². The minimum atomic E-state index is -0.558. The fraction of sp³-hybridized carbons (Fsp3) is 0.286. The quantitative estimate of drug-likeness (QED) is 0.880. The van der Waals surface area contributed by atoms with Gasteiger partial charge >= 0.3 is 0 Å². The first-order chi connectivity index (χ1) is 8.70. The van der Waals surface area contributed by atoms with Gasteiger partial charge in [0.2, 0.25) is 0 Å². The van der Waals surface area contributed by atoms with E-state index in [2.05, 4.69) is 5.32 Å². The average molecular weight is 251 g/mol. The zero-order chi connectivity index (χ0) is 13.0. The number of rotatable bonds is 5. The van der Waals surface area contributed by atoms with Gasteiger partial charge in [0.15, 0.2) is 0 Å². The Kier molecular flexibility index (Phi) is 4.10. The molecule has 0 bridgehead atoms. The van der Waals surface area contributed by atoms with E-state index >= 15 is 0 Å². The van der Waals surface area contributed by atoms with Gasteiger partial charge in [0, 0.05) is 24.1 Å². The summed E-state index contributed by atoms with van der Waals surface area (Å²) in [6.45, 7) is 0. The fourth-order valence-corrected chi connectivity index (χ4v) is 1.98. The zero-order valence-electron chi connectivity index (χ0n) is 10.1. The van der Waals surface area contributed by atoms with Crippen LogP contribution in [0.15, 0.2) is 41.0 Å². The van der Waals surface area contributed by atoms with Crippen molar-refractivity contribution >= 4 is 0 Å². The molecule has 0 radical (unpaired) electrons. The molecule has 2 nitrogen and oxygen atoms in total. The van der Waals surface area contributed by atoms with Crippen molar-refractivity contribution in [2.75, 3.05) is 7.05 Å². The van der Waals surface area contributed by atoms with E-state index < -0.39 is 11.6 Å². The lowest BCUT2D eigenvalue weighted by atomic mass is 10.0. The van der Waals surface area contributed by atoms with E-state index in [9.17, 15) is 8.78 Å². The molecule has 2 aromatic rings. The molecule has 0 saturated heterocycles. The van der Waals surface area contributed by atoms with Crippen molar-refractivity contribution < 1.29 is 13.2 Å². The third kappa shape index (κ3) is 2.96. The maximum Gasteiger partial charge on any atom is 0.130 e. The van der Waals surface area contributed by atoms with Crippen LogP contribution in [0.25, 0.3) is 0 Å². The normalized spacial score (nSPS) is 12.6. The van der Waals surface area contributed by atoms with E-state index in [1.165, 1.54) is 12.1 Å². The summed E-state index contributed by atoms with van der Waals surface area (Å²) >= 11 is 0. The van der Waals surface area contributed by atoms with Gasteiger partial charge in [-0.3, -0.25) is 0 Å². The number of hydrogen-bond donors (Lipinski definition) is 1. The van der Waals surface area contributed by atoms with Gasteiger partial charge in [0.25, 0.3) is 0 Å². The molecule has 0 fully saturated rings. The Morgan fingerprint density at radius 3 is 2.72 bits per heavy atom. The molecule has 2 rings (SSSR count). The lowest BCUT2D eigenvalue weighted by Crippen LogP contribution is -2.18. The van der Waals surface area contributed by atoms with E-state index in [0.717, 1.165) is 11.8 Å². The summed E-state index contributed by atoms with van der Waals surface area (Å²) in [5, 5.41) is 3.04. The highest BCUT2D eigenvalue weighted by Gasteiger charge is 2.15. The maximum atomic E-state index is 13.6. The molecule has 1 heterocycles. The summed E-state index contributed by atoms with van der Waals surface area (Å²) in [6, 6.07) is 7.21. The summed E-state index contributed by atoms with van der Waals surface area (Å²) in [4.78, 5) is 0. The molecule has 0 saturated carbocycles. The molecule has 18 heavy (non-hydrogen) atoms. The van der Waals surface area contributed by atoms with Gasteiger partial charge in [-0.15, -0.1) is 0 Å². The summed E-state index contributed by atoms with van der Waals surface area (Å²) in [5.74, 6) is -0.219. The Morgan fingerprint density at radius 2 is 2.11 bits per heavy atom. The van der Waals surface area contributed by atoms with E-state index in [-0.39, 0.29) is 6.04 Å². The van der Waals surface area contributed by atoms with Gasteiger partial charge in [-0.2, -0.15) is 0 Å². The van der Waals surface area contributed by atoms with Crippen LogP contribution in [0.1, 0.15) is 23.8 Å². The smallest absolute Gasteiger partial charge is 0.130 e. The molecular formula is C14H15F2NO. The molecule has 96 valence electrons. The molecule has 1 unspecified atom stereocenters. The molecule has 0 aliphatic rings. The largest absolute Gasteiger partial charge is 0.469 e. The van der Waals surface area contributed by atoms with Crippen LogP contribution in [0.5, 0.6) is 0 Å². The molecular weight excluding hydrogens is 236 g/mol. The van der Waals surface area contributed by atoms with E-state index in [0.29, 0.717) is 18.4 Å². The van der Waals surface area contributed by atoms with Crippen molar-refractivity contribution in [1.82, 2.24) is 5.32 Å². The first kappa shape index (κ1) is 12.8. The monoisotopic (exact) mass is 251 g/mol. The van der Waals surface area contributed by atoms with Crippen LogP contribution < -0.4 is 5.32 Å². The minimum absolute atomic E-state index is 0.157. The summed E-state index contributed by atoms with van der Waals surface area (Å²) in [6.07, 6.45) is 3.00. The van der Waals surface area contributed by atoms with Crippen molar-refractivity contribution in [3.05, 3.63) is 59.6 Å². The molecule has 0 aliphatic carbocycles. The van der Waals surface area contributed by atoms with E-state index in [1.807, 2.05) is 12.1 Å². The second-order valence-electron chi connectivity index (χ2n) is 4.13. The van der Waals surface area contributed by atoms with E-state index in [4.69, 9.17) is 4.42 Å². The van der Waals surface area contributed by atoms with E-state index in [1.54, 1.807) is 13.3 Å². The van der Waals surface area contributed by atoms with Crippen LogP contribution in [0.2, 0.25) is 0 Å². The van der Waals surface area contributed by atoms with Crippen LogP contribution in [-0.2, 0) is 6.42 Å². The molecule has 0 aliphatic heterocycles. The highest BCUT2D eigenvalue weighted by molar-refractivity contribution is 5.22. The van der Waals surface area contributed by atoms with Gasteiger partial charge in [0.1, 0.15) is 17.4 Å².